The van der Waals surface area contributed by atoms with Crippen molar-refractivity contribution in [3.05, 3.63) is 12.7 Å². The molecule has 1 unspecified atom stereocenters. The summed E-state index contributed by atoms with van der Waals surface area (Å²) in [5, 5.41) is 3.25. The highest BCUT2D eigenvalue weighted by molar-refractivity contribution is 5.76. The van der Waals surface area contributed by atoms with Crippen molar-refractivity contribution in [3.63, 3.8) is 0 Å². The maximum atomic E-state index is 11.1. The van der Waals surface area contributed by atoms with Crippen LogP contribution < -0.4 is 5.32 Å². The molecule has 1 N–H and O–H groups in total. The van der Waals surface area contributed by atoms with Gasteiger partial charge in [0, 0.05) is 6.04 Å². The van der Waals surface area contributed by atoms with E-state index in [1.165, 1.54) is 7.11 Å². The summed E-state index contributed by atoms with van der Waals surface area (Å²) in [6.45, 7) is 3.67. The Morgan fingerprint density at radius 3 is 3.08 bits per heavy atom. The summed E-state index contributed by atoms with van der Waals surface area (Å²) < 4.78 is 4.67. The molecule has 0 aliphatic carbocycles. The first kappa shape index (κ1) is 10.3. The molecule has 1 aliphatic rings. The van der Waals surface area contributed by atoms with Crippen molar-refractivity contribution in [1.29, 1.82) is 0 Å². The van der Waals surface area contributed by atoms with Gasteiger partial charge in [-0.15, -0.1) is 6.58 Å². The van der Waals surface area contributed by atoms with E-state index in [1.54, 1.807) is 0 Å². The second-order valence-corrected chi connectivity index (χ2v) is 3.38. The first-order valence-corrected chi connectivity index (χ1v) is 4.72. The lowest BCUT2D eigenvalue weighted by Gasteiger charge is -2.11. The molecule has 0 aromatic carbocycles. The van der Waals surface area contributed by atoms with Crippen molar-refractivity contribution in [2.45, 2.75) is 37.8 Å². The third kappa shape index (κ3) is 2.84. The zero-order chi connectivity index (χ0) is 9.68. The topological polar surface area (TPSA) is 38.3 Å². The molecule has 2 atom stereocenters. The predicted octanol–water partition coefficient (Wildman–Crippen LogP) is 1.25. The van der Waals surface area contributed by atoms with E-state index in [2.05, 4.69) is 16.6 Å². The van der Waals surface area contributed by atoms with E-state index in [-0.39, 0.29) is 12.0 Å². The van der Waals surface area contributed by atoms with E-state index in [9.17, 15) is 4.79 Å². The minimum atomic E-state index is -0.138. The molecule has 0 spiro atoms. The van der Waals surface area contributed by atoms with E-state index in [4.69, 9.17) is 0 Å². The quantitative estimate of drug-likeness (QED) is 0.526. The zero-order valence-electron chi connectivity index (χ0n) is 8.08. The van der Waals surface area contributed by atoms with Gasteiger partial charge in [-0.25, -0.2) is 0 Å². The van der Waals surface area contributed by atoms with Gasteiger partial charge in [0.25, 0.3) is 0 Å². The molecule has 0 amide bonds. The van der Waals surface area contributed by atoms with Gasteiger partial charge in [0.1, 0.15) is 6.04 Å². The second-order valence-electron chi connectivity index (χ2n) is 3.38. The van der Waals surface area contributed by atoms with Gasteiger partial charge >= 0.3 is 5.97 Å². The van der Waals surface area contributed by atoms with E-state index in [0.29, 0.717) is 6.04 Å². The first-order valence-electron chi connectivity index (χ1n) is 4.72. The van der Waals surface area contributed by atoms with E-state index in [1.807, 2.05) is 6.08 Å². The SMILES string of the molecule is C=CCCC1CC[C@@H](C(=O)OC)N1. The summed E-state index contributed by atoms with van der Waals surface area (Å²) >= 11 is 0. The summed E-state index contributed by atoms with van der Waals surface area (Å²) in [7, 11) is 1.43. The van der Waals surface area contributed by atoms with Gasteiger partial charge in [-0.05, 0) is 25.7 Å². The molecule has 1 heterocycles. The fourth-order valence-corrected chi connectivity index (χ4v) is 1.69. The largest absolute Gasteiger partial charge is 0.468 e. The van der Waals surface area contributed by atoms with Gasteiger partial charge in [0.05, 0.1) is 7.11 Å². The molecule has 0 saturated carbocycles. The number of hydrogen-bond acceptors (Lipinski definition) is 3. The lowest BCUT2D eigenvalue weighted by Crippen LogP contribution is -2.36. The number of carbonyl (C=O) groups excluding carboxylic acids is 1. The first-order chi connectivity index (χ1) is 6.27. The van der Waals surface area contributed by atoms with Gasteiger partial charge in [-0.3, -0.25) is 4.79 Å². The van der Waals surface area contributed by atoms with Gasteiger partial charge in [0.15, 0.2) is 0 Å². The minimum absolute atomic E-state index is 0.0835. The van der Waals surface area contributed by atoms with Crippen LogP contribution in [0.5, 0.6) is 0 Å². The molecule has 3 nitrogen and oxygen atoms in total. The van der Waals surface area contributed by atoms with Crippen LogP contribution in [0.25, 0.3) is 0 Å². The minimum Gasteiger partial charge on any atom is -0.468 e. The highest BCUT2D eigenvalue weighted by Gasteiger charge is 2.28. The van der Waals surface area contributed by atoms with Gasteiger partial charge in [-0.2, -0.15) is 0 Å². The zero-order valence-corrected chi connectivity index (χ0v) is 8.08. The molecule has 0 radical (unpaired) electrons. The van der Waals surface area contributed by atoms with Crippen molar-refractivity contribution in [2.75, 3.05) is 7.11 Å². The third-order valence-corrected chi connectivity index (χ3v) is 2.45. The normalized spacial score (nSPS) is 27.2. The Morgan fingerprint density at radius 1 is 1.69 bits per heavy atom. The van der Waals surface area contributed by atoms with Crippen molar-refractivity contribution < 1.29 is 9.53 Å². The average Bonchev–Trinajstić information content (AvgIpc) is 2.62. The summed E-state index contributed by atoms with van der Waals surface area (Å²) in [4.78, 5) is 11.1. The average molecular weight is 183 g/mol. The molecule has 1 fully saturated rings. The lowest BCUT2D eigenvalue weighted by molar-refractivity contribution is -0.142. The van der Waals surface area contributed by atoms with Crippen molar-refractivity contribution >= 4 is 5.97 Å². The van der Waals surface area contributed by atoms with Crippen LogP contribution in [0.3, 0.4) is 0 Å². The van der Waals surface area contributed by atoms with E-state index >= 15 is 0 Å². The summed E-state index contributed by atoms with van der Waals surface area (Å²) in [6.07, 6.45) is 5.94. The number of carbonyl (C=O) groups is 1. The molecule has 0 bridgehead atoms. The molecule has 0 aromatic rings. The molecular formula is C10H17NO2. The Balaban J connectivity index is 2.27. The molecule has 0 aromatic heterocycles. The smallest absolute Gasteiger partial charge is 0.322 e. The van der Waals surface area contributed by atoms with Gasteiger partial charge in [-0.1, -0.05) is 6.08 Å². The number of nitrogens with one attached hydrogen (secondary N) is 1. The molecule has 13 heavy (non-hydrogen) atoms. The Labute approximate surface area is 79.2 Å². The number of esters is 1. The van der Waals surface area contributed by atoms with Crippen LogP contribution in [0.1, 0.15) is 25.7 Å². The lowest BCUT2D eigenvalue weighted by atomic mass is 10.1. The Hall–Kier alpha value is -0.830. The Bertz CT molecular complexity index is 191. The number of rotatable bonds is 4. The molecule has 1 rings (SSSR count). The van der Waals surface area contributed by atoms with Crippen LogP contribution in [0.15, 0.2) is 12.7 Å². The third-order valence-electron chi connectivity index (χ3n) is 2.45. The fourth-order valence-electron chi connectivity index (χ4n) is 1.69. The maximum absolute atomic E-state index is 11.1. The Morgan fingerprint density at radius 2 is 2.46 bits per heavy atom. The number of methoxy groups -OCH3 is 1. The van der Waals surface area contributed by atoms with Gasteiger partial charge in [0.2, 0.25) is 0 Å². The standard InChI is InChI=1S/C10H17NO2/c1-3-4-5-8-6-7-9(11-8)10(12)13-2/h3,8-9,11H,1,4-7H2,2H3/t8?,9-/m0/s1. The molecule has 3 heteroatoms. The van der Waals surface area contributed by atoms with E-state index < -0.39 is 0 Å². The summed E-state index contributed by atoms with van der Waals surface area (Å²) in [6, 6.07) is 0.377. The number of ether oxygens (including phenoxy) is 1. The monoisotopic (exact) mass is 183 g/mol. The van der Waals surface area contributed by atoms with Crippen LogP contribution in [0.2, 0.25) is 0 Å². The Kier molecular flexibility index (Phi) is 3.96. The van der Waals surface area contributed by atoms with Crippen molar-refractivity contribution in [3.8, 4) is 0 Å². The molecule has 74 valence electrons. The van der Waals surface area contributed by atoms with Gasteiger partial charge < -0.3 is 10.1 Å². The maximum Gasteiger partial charge on any atom is 0.322 e. The highest BCUT2D eigenvalue weighted by Crippen LogP contribution is 2.17. The van der Waals surface area contributed by atoms with E-state index in [0.717, 1.165) is 25.7 Å². The van der Waals surface area contributed by atoms with Crippen LogP contribution >= 0.6 is 0 Å². The van der Waals surface area contributed by atoms with Crippen LogP contribution in [0.4, 0.5) is 0 Å². The van der Waals surface area contributed by atoms with Crippen LogP contribution in [-0.2, 0) is 9.53 Å². The highest BCUT2D eigenvalue weighted by atomic mass is 16.5. The second kappa shape index (κ2) is 5.02. The summed E-state index contributed by atoms with van der Waals surface area (Å²) in [5.41, 5.74) is 0. The predicted molar refractivity (Wildman–Crippen MR) is 51.4 cm³/mol. The van der Waals surface area contributed by atoms with Crippen molar-refractivity contribution in [2.24, 2.45) is 0 Å². The molecule has 1 aliphatic heterocycles. The number of allylic oxidation sites excluding steroid dienone is 1. The van der Waals surface area contributed by atoms with Crippen LogP contribution in [0, 0.1) is 0 Å². The molecular weight excluding hydrogens is 166 g/mol. The van der Waals surface area contributed by atoms with Crippen LogP contribution in [-0.4, -0.2) is 25.2 Å². The molecule has 1 saturated heterocycles. The number of hydrogen-bond donors (Lipinski definition) is 1. The van der Waals surface area contributed by atoms with Crippen molar-refractivity contribution in [1.82, 2.24) is 5.32 Å². The summed E-state index contributed by atoms with van der Waals surface area (Å²) in [5.74, 6) is -0.138. The fraction of sp³-hybridized carbons (Fsp3) is 0.700.